The lowest BCUT2D eigenvalue weighted by atomic mass is 9.95. The van der Waals surface area contributed by atoms with Crippen molar-refractivity contribution in [3.63, 3.8) is 0 Å². The lowest BCUT2D eigenvalue weighted by Gasteiger charge is -2.42. The zero-order valence-corrected chi connectivity index (χ0v) is 19.2. The minimum Gasteiger partial charge on any atom is -0.357 e. The van der Waals surface area contributed by atoms with Crippen LogP contribution in [0.25, 0.3) is 0 Å². The van der Waals surface area contributed by atoms with Crippen LogP contribution in [0.4, 0.5) is 0 Å². The molecule has 29 heavy (non-hydrogen) atoms. The quantitative estimate of drug-likeness (QED) is 0.357. The fourth-order valence-corrected chi connectivity index (χ4v) is 5.87. The number of likely N-dealkylation sites (tertiary alicyclic amines) is 1. The summed E-state index contributed by atoms with van der Waals surface area (Å²) in [6.07, 6.45) is 10.4. The Kier molecular flexibility index (Phi) is 9.43. The summed E-state index contributed by atoms with van der Waals surface area (Å²) in [7, 11) is 0. The lowest BCUT2D eigenvalue weighted by Crippen LogP contribution is -2.53. The molecule has 3 aliphatic rings. The maximum atomic E-state index is 12.1. The van der Waals surface area contributed by atoms with Crippen molar-refractivity contribution >= 4 is 23.6 Å². The van der Waals surface area contributed by atoms with Gasteiger partial charge in [-0.3, -0.25) is 14.7 Å². The molecular formula is C22H41N5OS. The average molecular weight is 424 g/mol. The normalized spacial score (nSPS) is 23.8. The van der Waals surface area contributed by atoms with Gasteiger partial charge in [0, 0.05) is 62.7 Å². The maximum absolute atomic E-state index is 12.1. The number of aliphatic imine (C=N–C) groups is 1. The molecule has 2 heterocycles. The number of guanidine groups is 1. The van der Waals surface area contributed by atoms with Gasteiger partial charge in [-0.1, -0.05) is 19.3 Å². The smallest absolute Gasteiger partial charge is 0.222 e. The molecule has 0 spiro atoms. The Morgan fingerprint density at radius 3 is 2.62 bits per heavy atom. The molecule has 0 aromatic heterocycles. The van der Waals surface area contributed by atoms with Crippen molar-refractivity contribution in [1.29, 1.82) is 0 Å². The van der Waals surface area contributed by atoms with Gasteiger partial charge in [-0.15, -0.1) is 0 Å². The van der Waals surface area contributed by atoms with Crippen LogP contribution in [0.2, 0.25) is 0 Å². The summed E-state index contributed by atoms with van der Waals surface area (Å²) in [5.41, 5.74) is 0.280. The van der Waals surface area contributed by atoms with Gasteiger partial charge < -0.3 is 15.5 Å². The third-order valence-electron chi connectivity index (χ3n) is 6.66. The molecule has 0 atom stereocenters. The second kappa shape index (κ2) is 12.0. The fraction of sp³-hybridized carbons (Fsp3) is 0.909. The molecule has 2 N–H and O–H groups in total. The standard InChI is InChI=1S/C22H41N5OS/c1-2-23-21(24-12-8-14-26-13-7-3-4-9-20(26)28)25-19-22(10-5-6-11-22)27-15-17-29-18-16-27/h2-19H2,1H3,(H2,23,24,25). The van der Waals surface area contributed by atoms with Gasteiger partial charge >= 0.3 is 0 Å². The van der Waals surface area contributed by atoms with E-state index in [4.69, 9.17) is 4.99 Å². The van der Waals surface area contributed by atoms with Crippen molar-refractivity contribution in [3.05, 3.63) is 0 Å². The van der Waals surface area contributed by atoms with Crippen LogP contribution in [0.15, 0.2) is 4.99 Å². The topological polar surface area (TPSA) is 60.0 Å². The number of nitrogens with one attached hydrogen (secondary N) is 2. The van der Waals surface area contributed by atoms with Crippen LogP contribution in [0.1, 0.15) is 64.7 Å². The molecule has 2 saturated heterocycles. The number of nitrogens with zero attached hydrogens (tertiary/aromatic N) is 3. The van der Waals surface area contributed by atoms with Crippen molar-refractivity contribution in [2.24, 2.45) is 4.99 Å². The Morgan fingerprint density at radius 2 is 1.86 bits per heavy atom. The van der Waals surface area contributed by atoms with Crippen molar-refractivity contribution < 1.29 is 4.79 Å². The Morgan fingerprint density at radius 1 is 1.07 bits per heavy atom. The summed E-state index contributed by atoms with van der Waals surface area (Å²) < 4.78 is 0. The molecule has 3 rings (SSSR count). The first-order valence-corrected chi connectivity index (χ1v) is 13.0. The second-order valence-corrected chi connectivity index (χ2v) is 9.92. The Labute approximate surface area is 181 Å². The fourth-order valence-electron chi connectivity index (χ4n) is 4.96. The van der Waals surface area contributed by atoms with E-state index >= 15 is 0 Å². The van der Waals surface area contributed by atoms with Crippen molar-refractivity contribution in [2.75, 3.05) is 57.3 Å². The molecule has 0 bridgehead atoms. The molecule has 0 aromatic carbocycles. The Bertz CT molecular complexity index is 529. The van der Waals surface area contributed by atoms with Crippen molar-refractivity contribution in [3.8, 4) is 0 Å². The van der Waals surface area contributed by atoms with Gasteiger partial charge in [-0.2, -0.15) is 11.8 Å². The SMILES string of the molecule is CCNC(=NCC1(N2CCSCC2)CCCC1)NCCCN1CCCCCC1=O. The van der Waals surface area contributed by atoms with E-state index in [0.29, 0.717) is 5.91 Å². The first kappa shape index (κ1) is 22.7. The first-order valence-electron chi connectivity index (χ1n) is 11.9. The molecule has 1 amide bonds. The van der Waals surface area contributed by atoms with E-state index in [1.54, 1.807) is 0 Å². The van der Waals surface area contributed by atoms with Crippen molar-refractivity contribution in [1.82, 2.24) is 20.4 Å². The van der Waals surface area contributed by atoms with Gasteiger partial charge in [-0.05, 0) is 39.0 Å². The monoisotopic (exact) mass is 423 g/mol. The van der Waals surface area contributed by atoms with Crippen LogP contribution < -0.4 is 10.6 Å². The largest absolute Gasteiger partial charge is 0.357 e. The second-order valence-electron chi connectivity index (χ2n) is 8.70. The summed E-state index contributed by atoms with van der Waals surface area (Å²) in [6, 6.07) is 0. The predicted molar refractivity (Wildman–Crippen MR) is 124 cm³/mol. The summed E-state index contributed by atoms with van der Waals surface area (Å²) in [5, 5.41) is 6.93. The number of carbonyl (C=O) groups excluding carboxylic acids is 1. The van der Waals surface area contributed by atoms with Gasteiger partial charge in [0.05, 0.1) is 6.54 Å². The third kappa shape index (κ3) is 6.78. The van der Waals surface area contributed by atoms with Crippen LogP contribution in [0.3, 0.4) is 0 Å². The number of amides is 1. The summed E-state index contributed by atoms with van der Waals surface area (Å²) in [5.74, 6) is 3.80. The molecule has 7 heteroatoms. The number of hydrogen-bond donors (Lipinski definition) is 2. The van der Waals surface area contributed by atoms with Crippen LogP contribution in [-0.2, 0) is 4.79 Å². The van der Waals surface area contributed by atoms with E-state index in [1.165, 1.54) is 56.7 Å². The van der Waals surface area contributed by atoms with E-state index in [9.17, 15) is 4.79 Å². The van der Waals surface area contributed by atoms with Gasteiger partial charge in [0.2, 0.25) is 5.91 Å². The highest BCUT2D eigenvalue weighted by molar-refractivity contribution is 7.99. The van der Waals surface area contributed by atoms with Crippen LogP contribution in [-0.4, -0.2) is 84.5 Å². The third-order valence-corrected chi connectivity index (χ3v) is 7.60. The number of hydrogen-bond acceptors (Lipinski definition) is 4. The molecule has 0 aromatic rings. The minimum atomic E-state index is 0.280. The Hall–Kier alpha value is -0.950. The van der Waals surface area contributed by atoms with Gasteiger partial charge in [0.15, 0.2) is 5.96 Å². The lowest BCUT2D eigenvalue weighted by molar-refractivity contribution is -0.130. The average Bonchev–Trinajstić information content (AvgIpc) is 3.14. The molecule has 6 nitrogen and oxygen atoms in total. The van der Waals surface area contributed by atoms with E-state index < -0.39 is 0 Å². The zero-order chi connectivity index (χ0) is 20.4. The Balaban J connectivity index is 1.48. The van der Waals surface area contributed by atoms with Gasteiger partial charge in [0.25, 0.3) is 0 Å². The molecule has 0 unspecified atom stereocenters. The molecule has 166 valence electrons. The van der Waals surface area contributed by atoms with Gasteiger partial charge in [-0.25, -0.2) is 0 Å². The highest BCUT2D eigenvalue weighted by Gasteiger charge is 2.39. The molecular weight excluding hydrogens is 382 g/mol. The van der Waals surface area contributed by atoms with E-state index in [0.717, 1.165) is 64.4 Å². The maximum Gasteiger partial charge on any atom is 0.222 e. The number of rotatable bonds is 8. The molecule has 1 aliphatic carbocycles. The summed E-state index contributed by atoms with van der Waals surface area (Å²) in [4.78, 5) is 22.0. The predicted octanol–water partition coefficient (Wildman–Crippen LogP) is 2.70. The molecule has 1 saturated carbocycles. The molecule has 0 radical (unpaired) electrons. The van der Waals surface area contributed by atoms with Crippen LogP contribution >= 0.6 is 11.8 Å². The highest BCUT2D eigenvalue weighted by Crippen LogP contribution is 2.37. The molecule has 3 fully saturated rings. The van der Waals surface area contributed by atoms with Crippen LogP contribution in [0.5, 0.6) is 0 Å². The van der Waals surface area contributed by atoms with Gasteiger partial charge in [0.1, 0.15) is 0 Å². The summed E-state index contributed by atoms with van der Waals surface area (Å²) >= 11 is 2.09. The molecule has 2 aliphatic heterocycles. The van der Waals surface area contributed by atoms with E-state index in [1.807, 2.05) is 0 Å². The first-order chi connectivity index (χ1) is 14.2. The van der Waals surface area contributed by atoms with E-state index in [-0.39, 0.29) is 5.54 Å². The number of carbonyl (C=O) groups is 1. The summed E-state index contributed by atoms with van der Waals surface area (Å²) in [6.45, 7) is 9.00. The highest BCUT2D eigenvalue weighted by atomic mass is 32.2. The minimum absolute atomic E-state index is 0.280. The number of thioether (sulfide) groups is 1. The van der Waals surface area contributed by atoms with Crippen LogP contribution in [0, 0.1) is 0 Å². The van der Waals surface area contributed by atoms with E-state index in [2.05, 4.69) is 39.1 Å². The zero-order valence-electron chi connectivity index (χ0n) is 18.4. The van der Waals surface area contributed by atoms with Crippen molar-refractivity contribution in [2.45, 2.75) is 70.3 Å².